The van der Waals surface area contributed by atoms with Crippen molar-refractivity contribution in [1.82, 2.24) is 0 Å². The molecule has 0 aliphatic rings. The number of hydrogen-bond donors (Lipinski definition) is 1. The van der Waals surface area contributed by atoms with Crippen molar-refractivity contribution in [2.45, 2.75) is 11.8 Å². The molecule has 0 spiro atoms. The number of anilines is 2. The second-order valence-corrected chi connectivity index (χ2v) is 6.06. The van der Waals surface area contributed by atoms with Crippen LogP contribution in [0.5, 0.6) is 0 Å². The first-order valence-corrected chi connectivity index (χ1v) is 7.53. The van der Waals surface area contributed by atoms with Crippen molar-refractivity contribution in [3.05, 3.63) is 54.3 Å². The van der Waals surface area contributed by atoms with Crippen molar-refractivity contribution in [1.29, 1.82) is 0 Å². The molecule has 106 valence electrons. The summed E-state index contributed by atoms with van der Waals surface area (Å²) in [5.41, 5.74) is 5.98. The summed E-state index contributed by atoms with van der Waals surface area (Å²) >= 11 is 0. The van der Waals surface area contributed by atoms with Gasteiger partial charge in [-0.05, 0) is 37.3 Å². The van der Waals surface area contributed by atoms with Crippen molar-refractivity contribution >= 4 is 21.4 Å². The van der Waals surface area contributed by atoms with Crippen LogP contribution in [0, 0.1) is 5.82 Å². The van der Waals surface area contributed by atoms with Gasteiger partial charge >= 0.3 is 0 Å². The van der Waals surface area contributed by atoms with E-state index in [1.54, 1.807) is 25.1 Å². The van der Waals surface area contributed by atoms with Gasteiger partial charge in [-0.2, -0.15) is 0 Å². The van der Waals surface area contributed by atoms with E-state index in [1.165, 1.54) is 30.3 Å². The molecular weight excluding hydrogens is 279 g/mol. The Bertz CT molecular complexity index is 717. The topological polar surface area (TPSA) is 63.4 Å². The van der Waals surface area contributed by atoms with Crippen LogP contribution in [0.25, 0.3) is 0 Å². The number of hydrogen-bond acceptors (Lipinski definition) is 3. The molecule has 0 saturated carbocycles. The van der Waals surface area contributed by atoms with Crippen molar-refractivity contribution in [2.24, 2.45) is 0 Å². The number of para-hydroxylation sites is 1. The van der Waals surface area contributed by atoms with Crippen LogP contribution in [0.4, 0.5) is 15.8 Å². The Labute approximate surface area is 117 Å². The summed E-state index contributed by atoms with van der Waals surface area (Å²) in [6, 6.07) is 11.7. The third-order valence-corrected chi connectivity index (χ3v) is 4.74. The molecule has 2 aromatic rings. The first-order valence-electron chi connectivity index (χ1n) is 6.09. The smallest absolute Gasteiger partial charge is 0.264 e. The quantitative estimate of drug-likeness (QED) is 0.882. The summed E-state index contributed by atoms with van der Waals surface area (Å²) in [7, 11) is -3.84. The van der Waals surface area contributed by atoms with Crippen LogP contribution in [0.15, 0.2) is 53.4 Å². The van der Waals surface area contributed by atoms with E-state index < -0.39 is 15.8 Å². The lowest BCUT2D eigenvalue weighted by atomic mass is 10.3. The molecule has 0 heterocycles. The highest BCUT2D eigenvalue weighted by molar-refractivity contribution is 7.92. The minimum Gasteiger partial charge on any atom is -0.399 e. The van der Waals surface area contributed by atoms with E-state index in [9.17, 15) is 12.8 Å². The molecule has 20 heavy (non-hydrogen) atoms. The highest BCUT2D eigenvalue weighted by Crippen LogP contribution is 2.26. The number of benzene rings is 2. The zero-order valence-electron chi connectivity index (χ0n) is 11.0. The summed E-state index contributed by atoms with van der Waals surface area (Å²) in [6.07, 6.45) is 0. The van der Waals surface area contributed by atoms with Crippen molar-refractivity contribution in [3.8, 4) is 0 Å². The van der Waals surface area contributed by atoms with Gasteiger partial charge in [0.05, 0.1) is 10.6 Å². The number of nitrogens with two attached hydrogens (primary N) is 1. The van der Waals surface area contributed by atoms with Crippen molar-refractivity contribution < 1.29 is 12.8 Å². The standard InChI is InChI=1S/C14H15FN2O2S/c1-2-17(14-9-4-3-8-13(14)15)20(18,19)12-7-5-6-11(16)10-12/h3-10H,2,16H2,1H3. The van der Waals surface area contributed by atoms with E-state index >= 15 is 0 Å². The van der Waals surface area contributed by atoms with Gasteiger partial charge in [0, 0.05) is 12.2 Å². The van der Waals surface area contributed by atoms with E-state index in [-0.39, 0.29) is 17.1 Å². The summed E-state index contributed by atoms with van der Waals surface area (Å²) < 4.78 is 40.0. The molecule has 2 rings (SSSR count). The Kier molecular flexibility index (Phi) is 3.94. The average molecular weight is 294 g/mol. The second kappa shape index (κ2) is 5.50. The molecule has 4 nitrogen and oxygen atoms in total. The fourth-order valence-electron chi connectivity index (χ4n) is 1.93. The molecule has 0 atom stereocenters. The van der Waals surface area contributed by atoms with Crippen LogP contribution in [-0.4, -0.2) is 15.0 Å². The summed E-state index contributed by atoms with van der Waals surface area (Å²) in [5, 5.41) is 0. The molecule has 0 aliphatic carbocycles. The summed E-state index contributed by atoms with van der Waals surface area (Å²) in [6.45, 7) is 1.77. The predicted octanol–water partition coefficient (Wildman–Crippen LogP) is 2.62. The number of nitrogen functional groups attached to an aromatic ring is 1. The number of sulfonamides is 1. The van der Waals surface area contributed by atoms with Gasteiger partial charge in [-0.3, -0.25) is 4.31 Å². The van der Waals surface area contributed by atoms with Crippen molar-refractivity contribution in [3.63, 3.8) is 0 Å². The largest absolute Gasteiger partial charge is 0.399 e. The fourth-order valence-corrected chi connectivity index (χ4v) is 3.46. The van der Waals surface area contributed by atoms with Gasteiger partial charge in [-0.15, -0.1) is 0 Å². The van der Waals surface area contributed by atoms with Crippen LogP contribution in [-0.2, 0) is 10.0 Å². The van der Waals surface area contributed by atoms with Crippen molar-refractivity contribution in [2.75, 3.05) is 16.6 Å². The van der Waals surface area contributed by atoms with Gasteiger partial charge in [0.2, 0.25) is 0 Å². The summed E-state index contributed by atoms with van der Waals surface area (Å²) in [5.74, 6) is -0.582. The van der Waals surface area contributed by atoms with Gasteiger partial charge in [0.25, 0.3) is 10.0 Å². The van der Waals surface area contributed by atoms with Gasteiger partial charge in [0.1, 0.15) is 5.82 Å². The Hall–Kier alpha value is -2.08. The maximum atomic E-state index is 13.8. The Morgan fingerprint density at radius 3 is 2.45 bits per heavy atom. The molecule has 0 aromatic heterocycles. The molecule has 0 saturated heterocycles. The zero-order chi connectivity index (χ0) is 14.8. The zero-order valence-corrected chi connectivity index (χ0v) is 11.8. The normalized spacial score (nSPS) is 11.3. The van der Waals surface area contributed by atoms with Gasteiger partial charge in [-0.25, -0.2) is 12.8 Å². The highest BCUT2D eigenvalue weighted by atomic mass is 32.2. The molecule has 0 radical (unpaired) electrons. The third-order valence-electron chi connectivity index (χ3n) is 2.85. The second-order valence-electron chi connectivity index (χ2n) is 4.19. The fraction of sp³-hybridized carbons (Fsp3) is 0.143. The SMILES string of the molecule is CCN(c1ccccc1F)S(=O)(=O)c1cccc(N)c1. The Balaban J connectivity index is 2.54. The average Bonchev–Trinajstić information content (AvgIpc) is 2.41. The Morgan fingerprint density at radius 2 is 1.85 bits per heavy atom. The van der Waals surface area contributed by atoms with E-state index in [1.807, 2.05) is 0 Å². The molecule has 0 unspecified atom stereocenters. The number of rotatable bonds is 4. The predicted molar refractivity (Wildman–Crippen MR) is 77.5 cm³/mol. The van der Waals surface area contributed by atoms with Gasteiger partial charge in [-0.1, -0.05) is 18.2 Å². The minimum atomic E-state index is -3.84. The van der Waals surface area contributed by atoms with Gasteiger partial charge < -0.3 is 5.73 Å². The van der Waals surface area contributed by atoms with E-state index in [0.29, 0.717) is 5.69 Å². The number of nitrogens with zero attached hydrogens (tertiary/aromatic N) is 1. The van der Waals surface area contributed by atoms with Crippen LogP contribution >= 0.6 is 0 Å². The number of halogens is 1. The van der Waals surface area contributed by atoms with E-state index in [4.69, 9.17) is 5.73 Å². The third kappa shape index (κ3) is 2.60. The highest BCUT2D eigenvalue weighted by Gasteiger charge is 2.25. The first kappa shape index (κ1) is 14.3. The molecular formula is C14H15FN2O2S. The van der Waals surface area contributed by atoms with Gasteiger partial charge in [0.15, 0.2) is 0 Å². The van der Waals surface area contributed by atoms with Crippen LogP contribution in [0.2, 0.25) is 0 Å². The van der Waals surface area contributed by atoms with E-state index in [2.05, 4.69) is 0 Å². The lowest BCUT2D eigenvalue weighted by Crippen LogP contribution is -2.31. The van der Waals surface area contributed by atoms with E-state index in [0.717, 1.165) is 4.31 Å². The molecule has 6 heteroatoms. The summed E-state index contributed by atoms with van der Waals surface area (Å²) in [4.78, 5) is 0.0441. The maximum absolute atomic E-state index is 13.8. The lowest BCUT2D eigenvalue weighted by Gasteiger charge is -2.23. The minimum absolute atomic E-state index is 0.0254. The Morgan fingerprint density at radius 1 is 1.15 bits per heavy atom. The van der Waals surface area contributed by atoms with Crippen LogP contribution < -0.4 is 10.0 Å². The van der Waals surface area contributed by atoms with Crippen LogP contribution in [0.3, 0.4) is 0 Å². The molecule has 0 bridgehead atoms. The molecule has 2 N–H and O–H groups in total. The van der Waals surface area contributed by atoms with Crippen LogP contribution in [0.1, 0.15) is 6.92 Å². The maximum Gasteiger partial charge on any atom is 0.264 e. The molecule has 0 fully saturated rings. The molecule has 0 aliphatic heterocycles. The monoisotopic (exact) mass is 294 g/mol. The first-order chi connectivity index (χ1) is 9.46. The molecule has 2 aromatic carbocycles. The molecule has 0 amide bonds. The lowest BCUT2D eigenvalue weighted by molar-refractivity contribution is 0.586.